The Bertz CT molecular complexity index is 751. The molecule has 1 atom stereocenters. The molecule has 0 aliphatic carbocycles. The maximum Gasteiger partial charge on any atom is 0.573 e. The number of ether oxygens (including phenoxy) is 3. The summed E-state index contributed by atoms with van der Waals surface area (Å²) in [5, 5.41) is 14.7. The van der Waals surface area contributed by atoms with E-state index in [2.05, 4.69) is 15.4 Å². The third-order valence-electron chi connectivity index (χ3n) is 3.35. The summed E-state index contributed by atoms with van der Waals surface area (Å²) in [6.07, 6.45) is -5.74. The number of carbonyl (C=O) groups excluding carboxylic acids is 1. The molecule has 1 unspecified atom stereocenters. The monoisotopic (exact) mass is 400 g/mol. The average Bonchev–Trinajstić information content (AvgIpc) is 2.65. The topological polar surface area (TPSA) is 89.0 Å². The van der Waals surface area contributed by atoms with Crippen molar-refractivity contribution in [2.75, 3.05) is 25.6 Å². The summed E-state index contributed by atoms with van der Waals surface area (Å²) in [6.45, 7) is -0.132. The number of rotatable bonds is 8. The Hall–Kier alpha value is -3.14. The molecule has 2 aromatic rings. The highest BCUT2D eigenvalue weighted by Crippen LogP contribution is 2.23. The van der Waals surface area contributed by atoms with E-state index in [9.17, 15) is 23.1 Å². The molecule has 2 aromatic carbocycles. The number of carbonyl (C=O) groups is 1. The molecule has 2 rings (SSSR count). The van der Waals surface area contributed by atoms with Gasteiger partial charge in [-0.15, -0.1) is 13.2 Å². The van der Waals surface area contributed by atoms with Gasteiger partial charge in [0.25, 0.3) is 0 Å². The summed E-state index contributed by atoms with van der Waals surface area (Å²) >= 11 is 0. The van der Waals surface area contributed by atoms with Gasteiger partial charge in [-0.2, -0.15) is 0 Å². The number of methoxy groups -OCH3 is 1. The second kappa shape index (κ2) is 9.70. The second-order valence-electron chi connectivity index (χ2n) is 5.55. The number of anilines is 1. The minimum Gasteiger partial charge on any atom is -0.497 e. The van der Waals surface area contributed by atoms with Gasteiger partial charge in [-0.25, -0.2) is 4.79 Å². The zero-order chi connectivity index (χ0) is 20.6. The number of halogens is 3. The van der Waals surface area contributed by atoms with Gasteiger partial charge in [0, 0.05) is 12.2 Å². The van der Waals surface area contributed by atoms with Gasteiger partial charge in [-0.1, -0.05) is 0 Å². The largest absolute Gasteiger partial charge is 0.573 e. The van der Waals surface area contributed by atoms with Gasteiger partial charge in [0.05, 0.1) is 7.11 Å². The summed E-state index contributed by atoms with van der Waals surface area (Å²) in [6, 6.07) is 10.8. The molecule has 28 heavy (non-hydrogen) atoms. The number of nitrogens with one attached hydrogen (secondary N) is 2. The van der Waals surface area contributed by atoms with Crippen molar-refractivity contribution in [1.29, 1.82) is 0 Å². The lowest BCUT2D eigenvalue weighted by molar-refractivity contribution is -0.274. The second-order valence-corrected chi connectivity index (χ2v) is 5.55. The molecule has 0 heterocycles. The predicted octanol–water partition coefficient (Wildman–Crippen LogP) is 3.16. The SMILES string of the molecule is COc1ccc(OCC(O)CNC(=O)Nc2ccc(OC(F)(F)F)cc2)cc1. The van der Waals surface area contributed by atoms with Crippen molar-refractivity contribution in [3.05, 3.63) is 48.5 Å². The zero-order valence-corrected chi connectivity index (χ0v) is 14.8. The highest BCUT2D eigenvalue weighted by atomic mass is 19.4. The number of aliphatic hydroxyl groups excluding tert-OH is 1. The number of aliphatic hydroxyl groups is 1. The Morgan fingerprint density at radius 2 is 1.61 bits per heavy atom. The normalized spacial score (nSPS) is 12.0. The molecule has 0 aromatic heterocycles. The van der Waals surface area contributed by atoms with Gasteiger partial charge in [-0.3, -0.25) is 0 Å². The predicted molar refractivity (Wildman–Crippen MR) is 94.6 cm³/mol. The average molecular weight is 400 g/mol. The molecule has 7 nitrogen and oxygen atoms in total. The molecule has 0 radical (unpaired) electrons. The number of urea groups is 1. The van der Waals surface area contributed by atoms with Crippen LogP contribution in [0.4, 0.5) is 23.7 Å². The lowest BCUT2D eigenvalue weighted by Gasteiger charge is -2.14. The van der Waals surface area contributed by atoms with Crippen molar-refractivity contribution >= 4 is 11.7 Å². The van der Waals surface area contributed by atoms with E-state index in [1.807, 2.05) is 0 Å². The van der Waals surface area contributed by atoms with E-state index in [1.165, 1.54) is 12.1 Å². The van der Waals surface area contributed by atoms with Crippen LogP contribution in [0.2, 0.25) is 0 Å². The van der Waals surface area contributed by atoms with E-state index in [-0.39, 0.29) is 18.8 Å². The highest BCUT2D eigenvalue weighted by Gasteiger charge is 2.30. The number of amides is 2. The minimum absolute atomic E-state index is 0.0455. The molecule has 0 fully saturated rings. The molecule has 0 bridgehead atoms. The van der Waals surface area contributed by atoms with Gasteiger partial charge >= 0.3 is 12.4 Å². The van der Waals surface area contributed by atoms with E-state index >= 15 is 0 Å². The summed E-state index contributed by atoms with van der Waals surface area (Å²) in [5.74, 6) is 0.805. The van der Waals surface area contributed by atoms with Crippen molar-refractivity contribution in [3.8, 4) is 17.2 Å². The van der Waals surface area contributed by atoms with E-state index < -0.39 is 24.2 Å². The maximum absolute atomic E-state index is 12.1. The summed E-state index contributed by atoms with van der Waals surface area (Å²) in [4.78, 5) is 11.8. The van der Waals surface area contributed by atoms with Crippen LogP contribution in [-0.2, 0) is 0 Å². The Labute approximate surface area is 159 Å². The third kappa shape index (κ3) is 7.62. The van der Waals surface area contributed by atoms with Crippen LogP contribution in [0.5, 0.6) is 17.2 Å². The van der Waals surface area contributed by atoms with Crippen molar-refractivity contribution in [2.45, 2.75) is 12.5 Å². The van der Waals surface area contributed by atoms with Crippen LogP contribution in [0.25, 0.3) is 0 Å². The van der Waals surface area contributed by atoms with E-state index in [0.717, 1.165) is 12.1 Å². The number of alkyl halides is 3. The van der Waals surface area contributed by atoms with Crippen LogP contribution < -0.4 is 24.8 Å². The Morgan fingerprint density at radius 1 is 1.04 bits per heavy atom. The first-order valence-corrected chi connectivity index (χ1v) is 8.11. The summed E-state index contributed by atoms with van der Waals surface area (Å²) in [5.41, 5.74) is 0.260. The van der Waals surface area contributed by atoms with Crippen molar-refractivity contribution in [1.82, 2.24) is 5.32 Å². The molecular weight excluding hydrogens is 381 g/mol. The first-order chi connectivity index (χ1) is 13.2. The zero-order valence-electron chi connectivity index (χ0n) is 14.8. The molecule has 0 aliphatic heterocycles. The van der Waals surface area contributed by atoms with Gasteiger partial charge < -0.3 is 30.0 Å². The first-order valence-electron chi connectivity index (χ1n) is 8.11. The lowest BCUT2D eigenvalue weighted by atomic mass is 10.3. The third-order valence-corrected chi connectivity index (χ3v) is 3.35. The maximum atomic E-state index is 12.1. The van der Waals surface area contributed by atoms with E-state index in [1.54, 1.807) is 31.4 Å². The van der Waals surface area contributed by atoms with E-state index in [0.29, 0.717) is 11.5 Å². The summed E-state index contributed by atoms with van der Waals surface area (Å²) < 4.78 is 50.4. The molecule has 152 valence electrons. The molecule has 0 aliphatic rings. The van der Waals surface area contributed by atoms with E-state index in [4.69, 9.17) is 9.47 Å². The van der Waals surface area contributed by atoms with Crippen LogP contribution >= 0.6 is 0 Å². The molecule has 10 heteroatoms. The van der Waals surface area contributed by atoms with Gasteiger partial charge in [0.15, 0.2) is 0 Å². The smallest absolute Gasteiger partial charge is 0.497 e. The van der Waals surface area contributed by atoms with Crippen molar-refractivity contribution in [2.24, 2.45) is 0 Å². The fourth-order valence-corrected chi connectivity index (χ4v) is 2.05. The highest BCUT2D eigenvalue weighted by molar-refractivity contribution is 5.89. The Morgan fingerprint density at radius 3 is 2.18 bits per heavy atom. The van der Waals surface area contributed by atoms with Gasteiger partial charge in [-0.05, 0) is 48.5 Å². The fourth-order valence-electron chi connectivity index (χ4n) is 2.05. The van der Waals surface area contributed by atoms with Crippen molar-refractivity contribution in [3.63, 3.8) is 0 Å². The minimum atomic E-state index is -4.78. The van der Waals surface area contributed by atoms with Crippen molar-refractivity contribution < 1.29 is 37.3 Å². The molecule has 0 spiro atoms. The van der Waals surface area contributed by atoms with Gasteiger partial charge in [0.1, 0.15) is 30.0 Å². The lowest BCUT2D eigenvalue weighted by Crippen LogP contribution is -2.37. The number of hydrogen-bond acceptors (Lipinski definition) is 5. The van der Waals surface area contributed by atoms with Crippen LogP contribution in [0.1, 0.15) is 0 Å². The Balaban J connectivity index is 1.70. The molecule has 0 saturated carbocycles. The fraction of sp³-hybridized carbons (Fsp3) is 0.278. The van der Waals surface area contributed by atoms with Gasteiger partial charge in [0.2, 0.25) is 0 Å². The quantitative estimate of drug-likeness (QED) is 0.634. The molecule has 0 saturated heterocycles. The first kappa shape index (κ1) is 21.2. The Kier molecular flexibility index (Phi) is 7.33. The standard InChI is InChI=1S/C18H19F3N2O5/c1-26-14-6-8-15(9-7-14)27-11-13(24)10-22-17(25)23-12-2-4-16(5-3-12)28-18(19,20)21/h2-9,13,24H,10-11H2,1H3,(H2,22,23,25). The number of hydrogen-bond donors (Lipinski definition) is 3. The molecule has 3 N–H and O–H groups in total. The van der Waals surface area contributed by atoms with Crippen LogP contribution in [-0.4, -0.2) is 43.9 Å². The number of benzene rings is 2. The molecular formula is C18H19F3N2O5. The molecule has 2 amide bonds. The van der Waals surface area contributed by atoms with Crippen LogP contribution in [0.3, 0.4) is 0 Å². The van der Waals surface area contributed by atoms with Crippen LogP contribution in [0.15, 0.2) is 48.5 Å². The van der Waals surface area contributed by atoms with Crippen LogP contribution in [0, 0.1) is 0 Å². The summed E-state index contributed by atoms with van der Waals surface area (Å²) in [7, 11) is 1.54.